The average molecular weight is 369 g/mol. The Balaban J connectivity index is 1.99. The third kappa shape index (κ3) is 2.99. The predicted octanol–water partition coefficient (Wildman–Crippen LogP) is 4.43. The van der Waals surface area contributed by atoms with Gasteiger partial charge in [0.15, 0.2) is 0 Å². The lowest BCUT2D eigenvalue weighted by Crippen LogP contribution is -2.31. The molecule has 0 fully saturated rings. The minimum absolute atomic E-state index is 0.585. The maximum atomic E-state index is 12.6. The summed E-state index contributed by atoms with van der Waals surface area (Å²) in [5.41, 5.74) is 6.99. The number of hydrogen-bond donors (Lipinski definition) is 2. The maximum absolute atomic E-state index is 12.6. The Morgan fingerprint density at radius 2 is 1.07 bits per heavy atom. The van der Waals surface area contributed by atoms with Gasteiger partial charge in [-0.05, 0) is 32.7 Å². The van der Waals surface area contributed by atoms with E-state index in [1.165, 1.54) is 0 Å². The fourth-order valence-corrected chi connectivity index (χ4v) is 4.00. The van der Waals surface area contributed by atoms with E-state index in [4.69, 9.17) is 5.73 Å². The summed E-state index contributed by atoms with van der Waals surface area (Å²) in [6.07, 6.45) is 0. The standard InChI is InChI=1S/C24H19NO3/c25-23(26)21(19-13-5-9-15-7-1-3-11-17(15)19)22(24(27)28)20-14-6-10-16-8-2-4-12-18(16)20/h1-14,21-22H,(H2,25,26)(H,27,28). The first kappa shape index (κ1) is 17.7. The highest BCUT2D eigenvalue weighted by Gasteiger charge is 2.36. The predicted molar refractivity (Wildman–Crippen MR) is 110 cm³/mol. The molecule has 3 N–H and O–H groups in total. The van der Waals surface area contributed by atoms with Gasteiger partial charge >= 0.3 is 5.97 Å². The van der Waals surface area contributed by atoms with Crippen molar-refractivity contribution in [2.75, 3.05) is 0 Å². The van der Waals surface area contributed by atoms with Gasteiger partial charge in [0, 0.05) is 0 Å². The average Bonchev–Trinajstić information content (AvgIpc) is 2.71. The minimum Gasteiger partial charge on any atom is -0.481 e. The van der Waals surface area contributed by atoms with E-state index < -0.39 is 23.7 Å². The Hall–Kier alpha value is -3.66. The Morgan fingerprint density at radius 1 is 0.643 bits per heavy atom. The summed E-state index contributed by atoms with van der Waals surface area (Å²) in [4.78, 5) is 24.9. The van der Waals surface area contributed by atoms with Crippen molar-refractivity contribution in [1.82, 2.24) is 0 Å². The van der Waals surface area contributed by atoms with Gasteiger partial charge in [-0.3, -0.25) is 9.59 Å². The number of hydrogen-bond acceptors (Lipinski definition) is 2. The monoisotopic (exact) mass is 369 g/mol. The van der Waals surface area contributed by atoms with Gasteiger partial charge in [-0.1, -0.05) is 84.9 Å². The SMILES string of the molecule is NC(=O)C(c1cccc2ccccc12)C(C(=O)O)c1cccc2ccccc12. The normalized spacial score (nSPS) is 13.3. The number of benzene rings is 4. The summed E-state index contributed by atoms with van der Waals surface area (Å²) >= 11 is 0. The Labute approximate surface area is 162 Å². The molecule has 0 saturated heterocycles. The zero-order valence-corrected chi connectivity index (χ0v) is 15.1. The zero-order valence-electron chi connectivity index (χ0n) is 15.1. The number of carboxylic acids is 1. The highest BCUT2D eigenvalue weighted by Crippen LogP contribution is 2.39. The van der Waals surface area contributed by atoms with Crippen LogP contribution in [-0.2, 0) is 9.59 Å². The lowest BCUT2D eigenvalue weighted by Gasteiger charge is -2.24. The minimum atomic E-state index is -1.09. The third-order valence-electron chi connectivity index (χ3n) is 5.22. The zero-order chi connectivity index (χ0) is 19.7. The van der Waals surface area contributed by atoms with Crippen LogP contribution >= 0.6 is 0 Å². The van der Waals surface area contributed by atoms with E-state index in [0.29, 0.717) is 11.1 Å². The molecular weight excluding hydrogens is 350 g/mol. The number of fused-ring (bicyclic) bond motifs is 2. The van der Waals surface area contributed by atoms with E-state index in [9.17, 15) is 14.7 Å². The molecule has 0 aromatic heterocycles. The molecule has 4 heteroatoms. The van der Waals surface area contributed by atoms with Crippen molar-refractivity contribution >= 4 is 33.4 Å². The van der Waals surface area contributed by atoms with Crippen LogP contribution in [0.25, 0.3) is 21.5 Å². The van der Waals surface area contributed by atoms with Gasteiger partial charge in [0.2, 0.25) is 5.91 Å². The number of carbonyl (C=O) groups is 2. The van der Waals surface area contributed by atoms with Gasteiger partial charge in [-0.2, -0.15) is 0 Å². The Morgan fingerprint density at radius 3 is 1.54 bits per heavy atom. The smallest absolute Gasteiger partial charge is 0.312 e. The summed E-state index contributed by atoms with van der Waals surface area (Å²) in [5.74, 6) is -3.81. The number of aliphatic carboxylic acids is 1. The van der Waals surface area contributed by atoms with Crippen molar-refractivity contribution in [2.45, 2.75) is 11.8 Å². The van der Waals surface area contributed by atoms with Crippen LogP contribution in [0.2, 0.25) is 0 Å². The van der Waals surface area contributed by atoms with Gasteiger partial charge in [0.1, 0.15) is 0 Å². The summed E-state index contributed by atoms with van der Waals surface area (Å²) in [5, 5.41) is 13.6. The first-order chi connectivity index (χ1) is 13.6. The molecule has 0 aliphatic heterocycles. The molecule has 0 spiro atoms. The van der Waals surface area contributed by atoms with E-state index in [1.807, 2.05) is 72.8 Å². The van der Waals surface area contributed by atoms with Crippen molar-refractivity contribution in [1.29, 1.82) is 0 Å². The fraction of sp³-hybridized carbons (Fsp3) is 0.0833. The third-order valence-corrected chi connectivity index (χ3v) is 5.22. The van der Waals surface area contributed by atoms with Crippen molar-refractivity contribution in [3.05, 3.63) is 96.1 Å². The van der Waals surface area contributed by atoms with Crippen molar-refractivity contribution in [3.8, 4) is 0 Å². The lowest BCUT2D eigenvalue weighted by molar-refractivity contribution is -0.141. The highest BCUT2D eigenvalue weighted by molar-refractivity contribution is 5.99. The van der Waals surface area contributed by atoms with Gasteiger partial charge in [-0.15, -0.1) is 0 Å². The molecule has 4 aromatic carbocycles. The molecule has 138 valence electrons. The second kappa shape index (κ2) is 7.16. The summed E-state index contributed by atoms with van der Waals surface area (Å²) in [6, 6.07) is 26.2. The Bertz CT molecular complexity index is 1090. The topological polar surface area (TPSA) is 80.4 Å². The van der Waals surface area contributed by atoms with Crippen LogP contribution in [-0.4, -0.2) is 17.0 Å². The molecule has 2 unspecified atom stereocenters. The fourth-order valence-electron chi connectivity index (χ4n) is 4.00. The second-order valence-electron chi connectivity index (χ2n) is 6.83. The van der Waals surface area contributed by atoms with E-state index in [0.717, 1.165) is 21.5 Å². The van der Waals surface area contributed by atoms with Gasteiger partial charge in [0.05, 0.1) is 11.8 Å². The van der Waals surface area contributed by atoms with Crippen LogP contribution in [0.4, 0.5) is 0 Å². The molecule has 4 rings (SSSR count). The lowest BCUT2D eigenvalue weighted by atomic mass is 9.78. The van der Waals surface area contributed by atoms with Gasteiger partial charge in [0.25, 0.3) is 0 Å². The molecule has 4 aromatic rings. The van der Waals surface area contributed by atoms with Crippen LogP contribution in [0.5, 0.6) is 0 Å². The summed E-state index contributed by atoms with van der Waals surface area (Å²) in [6.45, 7) is 0. The molecule has 0 aliphatic rings. The maximum Gasteiger partial charge on any atom is 0.312 e. The first-order valence-corrected chi connectivity index (χ1v) is 9.05. The van der Waals surface area contributed by atoms with E-state index in [2.05, 4.69) is 0 Å². The van der Waals surface area contributed by atoms with Crippen LogP contribution in [0.1, 0.15) is 23.0 Å². The molecule has 0 saturated carbocycles. The number of nitrogens with two attached hydrogens (primary N) is 1. The first-order valence-electron chi connectivity index (χ1n) is 9.05. The summed E-state index contributed by atoms with van der Waals surface area (Å²) < 4.78 is 0. The van der Waals surface area contributed by atoms with Crippen molar-refractivity contribution < 1.29 is 14.7 Å². The molecule has 4 nitrogen and oxygen atoms in total. The number of carbonyl (C=O) groups excluding carboxylic acids is 1. The van der Waals surface area contributed by atoms with Crippen molar-refractivity contribution in [3.63, 3.8) is 0 Å². The number of rotatable bonds is 5. The molecule has 2 atom stereocenters. The second-order valence-corrected chi connectivity index (χ2v) is 6.83. The molecule has 0 bridgehead atoms. The summed E-state index contributed by atoms with van der Waals surface area (Å²) in [7, 11) is 0. The number of carboxylic acid groups (broad SMARTS) is 1. The van der Waals surface area contributed by atoms with Gasteiger partial charge < -0.3 is 10.8 Å². The highest BCUT2D eigenvalue weighted by atomic mass is 16.4. The molecular formula is C24H19NO3. The van der Waals surface area contributed by atoms with E-state index in [1.54, 1.807) is 12.1 Å². The molecule has 0 radical (unpaired) electrons. The molecule has 28 heavy (non-hydrogen) atoms. The van der Waals surface area contributed by atoms with Crippen LogP contribution in [0, 0.1) is 0 Å². The molecule has 1 amide bonds. The molecule has 0 aliphatic carbocycles. The van der Waals surface area contributed by atoms with Crippen molar-refractivity contribution in [2.24, 2.45) is 5.73 Å². The Kier molecular flexibility index (Phi) is 4.53. The van der Waals surface area contributed by atoms with Crippen LogP contribution in [0.3, 0.4) is 0 Å². The quantitative estimate of drug-likeness (QED) is 0.546. The largest absolute Gasteiger partial charge is 0.481 e. The van der Waals surface area contributed by atoms with Crippen LogP contribution < -0.4 is 5.73 Å². The molecule has 0 heterocycles. The van der Waals surface area contributed by atoms with Gasteiger partial charge in [-0.25, -0.2) is 0 Å². The number of amides is 1. The van der Waals surface area contributed by atoms with E-state index >= 15 is 0 Å². The number of primary amides is 1. The van der Waals surface area contributed by atoms with E-state index in [-0.39, 0.29) is 0 Å². The van der Waals surface area contributed by atoms with Crippen LogP contribution in [0.15, 0.2) is 84.9 Å².